The van der Waals surface area contributed by atoms with Crippen molar-refractivity contribution >= 4 is 43.7 Å². The van der Waals surface area contributed by atoms with Crippen LogP contribution >= 0.6 is 0 Å². The van der Waals surface area contributed by atoms with Crippen LogP contribution in [0.3, 0.4) is 0 Å². The molecule has 1 heteroatoms. The summed E-state index contributed by atoms with van der Waals surface area (Å²) in [6.07, 6.45) is 0. The summed E-state index contributed by atoms with van der Waals surface area (Å²) in [6.45, 7) is 0. The Morgan fingerprint density at radius 2 is 0.889 bits per heavy atom. The predicted octanol–water partition coefficient (Wildman–Crippen LogP) is 11.7. The van der Waals surface area contributed by atoms with Gasteiger partial charge in [0.2, 0.25) is 0 Å². The highest BCUT2D eigenvalue weighted by atomic mass is 14.8. The summed E-state index contributed by atoms with van der Waals surface area (Å²) in [5.74, 6) is 0.0985. The van der Waals surface area contributed by atoms with Crippen LogP contribution in [0.5, 0.6) is 0 Å². The summed E-state index contributed by atoms with van der Waals surface area (Å²) in [4.78, 5) is 5.34. The monoisotopic (exact) mass is 571 g/mol. The second-order valence-corrected chi connectivity index (χ2v) is 11.9. The lowest BCUT2D eigenvalue weighted by Gasteiger charge is -2.19. The van der Waals surface area contributed by atoms with Crippen molar-refractivity contribution in [1.29, 1.82) is 0 Å². The number of nitrogens with zero attached hydrogens (tertiary/aromatic N) is 1. The molecule has 1 atom stereocenters. The Balaban J connectivity index is 1.29. The zero-order chi connectivity index (χ0) is 29.7. The second-order valence-electron chi connectivity index (χ2n) is 11.9. The Labute approximate surface area is 262 Å². The zero-order valence-electron chi connectivity index (χ0n) is 24.7. The number of rotatable bonds is 4. The lowest BCUT2D eigenvalue weighted by Crippen LogP contribution is -2.11. The third-order valence-corrected chi connectivity index (χ3v) is 9.32. The van der Waals surface area contributed by atoms with E-state index in [0.29, 0.717) is 0 Å². The van der Waals surface area contributed by atoms with Crippen molar-refractivity contribution < 1.29 is 0 Å². The third-order valence-electron chi connectivity index (χ3n) is 9.32. The Morgan fingerprint density at radius 3 is 1.53 bits per heavy atom. The first-order chi connectivity index (χ1) is 22.3. The molecular weight excluding hydrogens is 542 g/mol. The summed E-state index contributed by atoms with van der Waals surface area (Å²) in [6, 6.07) is 61.5. The minimum absolute atomic E-state index is 0.0985. The molecular formula is C44H29N. The van der Waals surface area contributed by atoms with Gasteiger partial charge >= 0.3 is 0 Å². The van der Waals surface area contributed by atoms with Crippen LogP contribution in [-0.4, -0.2) is 5.71 Å². The maximum Gasteiger partial charge on any atom is 0.0682 e. The topological polar surface area (TPSA) is 12.4 Å². The van der Waals surface area contributed by atoms with E-state index >= 15 is 0 Å². The molecule has 0 N–H and O–H groups in total. The molecule has 0 bridgehead atoms. The SMILES string of the molecule is c1ccc(C2=Nc3cc(-c4c5ccccc5c(-c5ccc6ccccc6c5)c5ccccc45)ccc3C2c2ccccc2)cc1. The fraction of sp³-hybridized carbons (Fsp3) is 0.0227. The third kappa shape index (κ3) is 4.20. The van der Waals surface area contributed by atoms with Crippen LogP contribution < -0.4 is 0 Å². The highest BCUT2D eigenvalue weighted by Gasteiger charge is 2.30. The van der Waals surface area contributed by atoms with Crippen molar-refractivity contribution in [2.24, 2.45) is 4.99 Å². The number of benzene rings is 8. The maximum atomic E-state index is 5.34. The quantitative estimate of drug-likeness (QED) is 0.186. The van der Waals surface area contributed by atoms with Crippen LogP contribution in [0.15, 0.2) is 175 Å². The van der Waals surface area contributed by atoms with Crippen LogP contribution in [0.25, 0.3) is 54.6 Å². The molecule has 0 amide bonds. The highest BCUT2D eigenvalue weighted by molar-refractivity contribution is 6.22. The number of hydrogen-bond acceptors (Lipinski definition) is 1. The van der Waals surface area contributed by atoms with Gasteiger partial charge in [-0.15, -0.1) is 0 Å². The molecule has 1 heterocycles. The van der Waals surface area contributed by atoms with Gasteiger partial charge in [-0.1, -0.05) is 158 Å². The van der Waals surface area contributed by atoms with E-state index in [1.54, 1.807) is 0 Å². The molecule has 45 heavy (non-hydrogen) atoms. The first-order valence-corrected chi connectivity index (χ1v) is 15.6. The van der Waals surface area contributed by atoms with E-state index in [0.717, 1.165) is 11.4 Å². The largest absolute Gasteiger partial charge is 0.251 e. The average Bonchev–Trinajstić information content (AvgIpc) is 3.50. The molecule has 0 radical (unpaired) electrons. The van der Waals surface area contributed by atoms with E-state index in [-0.39, 0.29) is 5.92 Å². The first-order valence-electron chi connectivity index (χ1n) is 15.6. The van der Waals surface area contributed by atoms with E-state index in [1.165, 1.54) is 71.3 Å². The molecule has 1 aliphatic rings. The average molecular weight is 572 g/mol. The van der Waals surface area contributed by atoms with Crippen LogP contribution in [0.1, 0.15) is 22.6 Å². The van der Waals surface area contributed by atoms with E-state index in [9.17, 15) is 0 Å². The molecule has 210 valence electrons. The van der Waals surface area contributed by atoms with Gasteiger partial charge in [-0.05, 0) is 83.4 Å². The van der Waals surface area contributed by atoms with Crippen molar-refractivity contribution in [3.8, 4) is 22.3 Å². The molecule has 0 saturated heterocycles. The maximum absolute atomic E-state index is 5.34. The van der Waals surface area contributed by atoms with Crippen LogP contribution in [0, 0.1) is 0 Å². The van der Waals surface area contributed by atoms with Gasteiger partial charge in [0.05, 0.1) is 17.3 Å². The number of fused-ring (bicyclic) bond motifs is 4. The van der Waals surface area contributed by atoms with Crippen LogP contribution in [0.4, 0.5) is 5.69 Å². The van der Waals surface area contributed by atoms with Gasteiger partial charge in [-0.2, -0.15) is 0 Å². The minimum atomic E-state index is 0.0985. The molecule has 1 nitrogen and oxygen atoms in total. The van der Waals surface area contributed by atoms with Gasteiger partial charge in [0.25, 0.3) is 0 Å². The van der Waals surface area contributed by atoms with Crippen LogP contribution in [0.2, 0.25) is 0 Å². The van der Waals surface area contributed by atoms with Crippen molar-refractivity contribution in [3.05, 3.63) is 187 Å². The molecule has 0 aliphatic carbocycles. The fourth-order valence-corrected chi connectivity index (χ4v) is 7.30. The molecule has 0 saturated carbocycles. The van der Waals surface area contributed by atoms with Crippen molar-refractivity contribution in [1.82, 2.24) is 0 Å². The van der Waals surface area contributed by atoms with Crippen molar-refractivity contribution in [2.45, 2.75) is 5.92 Å². The van der Waals surface area contributed by atoms with Gasteiger partial charge in [-0.25, -0.2) is 0 Å². The summed E-state index contributed by atoms with van der Waals surface area (Å²) >= 11 is 0. The molecule has 0 spiro atoms. The zero-order valence-corrected chi connectivity index (χ0v) is 24.7. The van der Waals surface area contributed by atoms with Gasteiger partial charge in [0, 0.05) is 0 Å². The van der Waals surface area contributed by atoms with E-state index in [4.69, 9.17) is 4.99 Å². The first kappa shape index (κ1) is 25.7. The Morgan fingerprint density at radius 1 is 0.378 bits per heavy atom. The summed E-state index contributed by atoms with van der Waals surface area (Å²) in [7, 11) is 0. The van der Waals surface area contributed by atoms with Crippen molar-refractivity contribution in [2.75, 3.05) is 0 Å². The summed E-state index contributed by atoms with van der Waals surface area (Å²) in [5.41, 5.74) is 10.8. The number of hydrogen-bond donors (Lipinski definition) is 0. The van der Waals surface area contributed by atoms with Gasteiger partial charge in [0.1, 0.15) is 0 Å². The minimum Gasteiger partial charge on any atom is -0.251 e. The lowest BCUT2D eigenvalue weighted by atomic mass is 9.83. The Kier molecular flexibility index (Phi) is 5.96. The Hall–Kier alpha value is -5.79. The molecule has 8 aromatic carbocycles. The summed E-state index contributed by atoms with van der Waals surface area (Å²) in [5, 5.41) is 7.54. The molecule has 0 aromatic heterocycles. The molecule has 8 aromatic rings. The van der Waals surface area contributed by atoms with E-state index in [1.807, 2.05) is 0 Å². The normalized spacial score (nSPS) is 14.1. The molecule has 0 fully saturated rings. The van der Waals surface area contributed by atoms with Gasteiger partial charge in [0.15, 0.2) is 0 Å². The fourth-order valence-electron chi connectivity index (χ4n) is 7.30. The standard InChI is InChI=1S/C44H29N/c1-3-14-30(15-4-1)43-39-26-25-34(28-40(39)45-44(43)31-16-5-2-6-17-31)42-37-21-11-9-19-35(37)41(36-20-10-12-22-38(36)42)33-24-23-29-13-7-8-18-32(29)27-33/h1-28,43H. The van der Waals surface area contributed by atoms with Gasteiger partial charge in [-0.3, -0.25) is 4.99 Å². The second kappa shape index (κ2) is 10.4. The lowest BCUT2D eigenvalue weighted by molar-refractivity contribution is 1.11. The predicted molar refractivity (Wildman–Crippen MR) is 191 cm³/mol. The molecule has 1 aliphatic heterocycles. The van der Waals surface area contributed by atoms with Gasteiger partial charge < -0.3 is 0 Å². The van der Waals surface area contributed by atoms with Crippen molar-refractivity contribution in [3.63, 3.8) is 0 Å². The van der Waals surface area contributed by atoms with E-state index in [2.05, 4.69) is 170 Å². The number of aliphatic imine (C=N–C) groups is 1. The summed E-state index contributed by atoms with van der Waals surface area (Å²) < 4.78 is 0. The van der Waals surface area contributed by atoms with E-state index < -0.39 is 0 Å². The highest BCUT2D eigenvalue weighted by Crippen LogP contribution is 2.47. The molecule has 9 rings (SSSR count). The Bertz CT molecular complexity index is 2360. The molecule has 1 unspecified atom stereocenters. The van der Waals surface area contributed by atoms with Crippen LogP contribution in [-0.2, 0) is 0 Å². The smallest absolute Gasteiger partial charge is 0.0682 e.